The van der Waals surface area contributed by atoms with Crippen LogP contribution in [-0.4, -0.2) is 35.9 Å². The number of carbonyl (C=O) groups is 1. The third-order valence-electron chi connectivity index (χ3n) is 6.70. The molecule has 0 spiro atoms. The minimum absolute atomic E-state index is 0.0879. The maximum absolute atomic E-state index is 11.2. The standard InChI is InChI=1S/C28H51N3O2/c1-2-3-4-5-6-7-8-9-10-11-12-13-14-15-16-17-18-19-20-21-27-30-23-25-31(27,24-22-29)26-28(32)33/h18-19,23,25H,2-17,20-22,24,26,29H2,1H3/b19-18+. The molecule has 1 aliphatic rings. The van der Waals surface area contributed by atoms with E-state index in [0.29, 0.717) is 13.1 Å². The highest BCUT2D eigenvalue weighted by Gasteiger charge is 2.34. The molecule has 0 aromatic carbocycles. The van der Waals surface area contributed by atoms with Crippen molar-refractivity contribution in [2.24, 2.45) is 10.7 Å². The lowest BCUT2D eigenvalue weighted by Gasteiger charge is -2.32. The fraction of sp³-hybridized carbons (Fsp3) is 0.786. The first-order chi connectivity index (χ1) is 16.1. The minimum Gasteiger partial charge on any atom is -0.544 e. The zero-order valence-electron chi connectivity index (χ0n) is 21.4. The highest BCUT2D eigenvalue weighted by atomic mass is 16.4. The van der Waals surface area contributed by atoms with E-state index in [0.717, 1.165) is 25.1 Å². The van der Waals surface area contributed by atoms with Gasteiger partial charge in [-0.2, -0.15) is 0 Å². The molecule has 0 aliphatic carbocycles. The molecule has 1 rings (SSSR count). The number of aliphatic imine (C=N–C) groups is 1. The van der Waals surface area contributed by atoms with Gasteiger partial charge in [-0.25, -0.2) is 9.48 Å². The second kappa shape index (κ2) is 20.0. The Bertz CT molecular complexity index is 586. The van der Waals surface area contributed by atoms with E-state index in [1.165, 1.54) is 96.3 Å². The van der Waals surface area contributed by atoms with Crippen molar-refractivity contribution < 1.29 is 14.4 Å². The molecule has 1 atom stereocenters. The van der Waals surface area contributed by atoms with Crippen LogP contribution in [0, 0.1) is 0 Å². The Morgan fingerprint density at radius 2 is 1.39 bits per heavy atom. The van der Waals surface area contributed by atoms with Crippen LogP contribution in [0.15, 0.2) is 29.5 Å². The van der Waals surface area contributed by atoms with E-state index in [4.69, 9.17) is 5.73 Å². The quantitative estimate of drug-likeness (QED) is 0.115. The molecule has 190 valence electrons. The van der Waals surface area contributed by atoms with Crippen molar-refractivity contribution in [3.05, 3.63) is 24.6 Å². The number of carboxylic acid groups (broad SMARTS) is 1. The molecule has 0 radical (unpaired) electrons. The van der Waals surface area contributed by atoms with Crippen LogP contribution in [0.3, 0.4) is 0 Å². The van der Waals surface area contributed by atoms with Crippen LogP contribution in [0.5, 0.6) is 0 Å². The number of allylic oxidation sites excluding steroid dienone is 2. The van der Waals surface area contributed by atoms with Crippen LogP contribution >= 0.6 is 0 Å². The van der Waals surface area contributed by atoms with Crippen molar-refractivity contribution >= 4 is 11.8 Å². The van der Waals surface area contributed by atoms with Crippen molar-refractivity contribution in [3.63, 3.8) is 0 Å². The molecule has 0 saturated heterocycles. The Balaban J connectivity index is 1.94. The molecule has 0 amide bonds. The van der Waals surface area contributed by atoms with Gasteiger partial charge in [0.05, 0.1) is 12.2 Å². The second-order valence-electron chi connectivity index (χ2n) is 9.67. The summed E-state index contributed by atoms with van der Waals surface area (Å²) < 4.78 is 0.214. The molecule has 0 bridgehead atoms. The van der Waals surface area contributed by atoms with E-state index in [-0.39, 0.29) is 11.0 Å². The van der Waals surface area contributed by atoms with E-state index in [1.54, 1.807) is 6.20 Å². The lowest BCUT2D eigenvalue weighted by molar-refractivity contribution is -0.780. The summed E-state index contributed by atoms with van der Waals surface area (Å²) >= 11 is 0. The highest BCUT2D eigenvalue weighted by Crippen LogP contribution is 2.20. The molecule has 1 heterocycles. The van der Waals surface area contributed by atoms with E-state index in [1.807, 2.05) is 6.20 Å². The van der Waals surface area contributed by atoms with Crippen molar-refractivity contribution in [2.75, 3.05) is 19.6 Å². The number of hydrogen-bond donors (Lipinski definition) is 1. The molecule has 5 heteroatoms. The number of hydrogen-bond acceptors (Lipinski definition) is 4. The third-order valence-corrected chi connectivity index (χ3v) is 6.70. The number of nitrogens with zero attached hydrogens (tertiary/aromatic N) is 2. The lowest BCUT2D eigenvalue weighted by Crippen LogP contribution is -2.54. The number of nitrogens with two attached hydrogens (primary N) is 1. The third kappa shape index (κ3) is 14.4. The summed E-state index contributed by atoms with van der Waals surface area (Å²) in [6, 6.07) is 0. The summed E-state index contributed by atoms with van der Waals surface area (Å²) in [7, 11) is 0. The predicted molar refractivity (Wildman–Crippen MR) is 139 cm³/mol. The van der Waals surface area contributed by atoms with Gasteiger partial charge in [0.25, 0.3) is 0 Å². The number of rotatable bonds is 23. The van der Waals surface area contributed by atoms with Gasteiger partial charge in [0.1, 0.15) is 19.3 Å². The van der Waals surface area contributed by atoms with E-state index >= 15 is 0 Å². The van der Waals surface area contributed by atoms with Crippen molar-refractivity contribution in [3.8, 4) is 0 Å². The number of aliphatic carboxylic acids is 1. The number of carboxylic acids is 1. The molecule has 5 nitrogen and oxygen atoms in total. The zero-order valence-corrected chi connectivity index (χ0v) is 21.4. The Labute approximate surface area is 203 Å². The average molecular weight is 462 g/mol. The van der Waals surface area contributed by atoms with Gasteiger partial charge in [-0.05, 0) is 19.3 Å². The van der Waals surface area contributed by atoms with E-state index in [2.05, 4.69) is 24.1 Å². The average Bonchev–Trinajstić information content (AvgIpc) is 3.16. The fourth-order valence-corrected chi connectivity index (χ4v) is 4.70. The lowest BCUT2D eigenvalue weighted by atomic mass is 10.0. The van der Waals surface area contributed by atoms with E-state index < -0.39 is 5.97 Å². The SMILES string of the molecule is CCCCCCCCCCCCCCCCC/C=C/CCC1=NC=C[N+]1(CCN)CC(=O)[O-]. The van der Waals surface area contributed by atoms with Crippen LogP contribution in [0.1, 0.15) is 122 Å². The monoisotopic (exact) mass is 461 g/mol. The topological polar surface area (TPSA) is 78.5 Å². The molecule has 0 aromatic rings. The van der Waals surface area contributed by atoms with Gasteiger partial charge in [-0.3, -0.25) is 0 Å². The van der Waals surface area contributed by atoms with Crippen LogP contribution < -0.4 is 10.8 Å². The number of carbonyl (C=O) groups excluding carboxylic acids is 1. The number of quaternary nitrogens is 1. The summed E-state index contributed by atoms with van der Waals surface area (Å²) in [5.74, 6) is -0.187. The summed E-state index contributed by atoms with van der Waals surface area (Å²) in [5.41, 5.74) is 5.70. The summed E-state index contributed by atoms with van der Waals surface area (Å²) in [5, 5.41) is 11.2. The zero-order chi connectivity index (χ0) is 24.0. The molecule has 0 fully saturated rings. The van der Waals surface area contributed by atoms with Gasteiger partial charge >= 0.3 is 0 Å². The van der Waals surface area contributed by atoms with Gasteiger partial charge in [-0.1, -0.05) is 109 Å². The Morgan fingerprint density at radius 1 is 0.879 bits per heavy atom. The Morgan fingerprint density at radius 3 is 1.91 bits per heavy atom. The molecular weight excluding hydrogens is 410 g/mol. The minimum atomic E-state index is -1.06. The van der Waals surface area contributed by atoms with Crippen molar-refractivity contribution in [1.29, 1.82) is 0 Å². The largest absolute Gasteiger partial charge is 0.544 e. The van der Waals surface area contributed by atoms with Crippen LogP contribution in [0.4, 0.5) is 0 Å². The second-order valence-corrected chi connectivity index (χ2v) is 9.67. The molecule has 1 unspecified atom stereocenters. The van der Waals surface area contributed by atoms with Crippen LogP contribution in [0.2, 0.25) is 0 Å². The normalized spacial score (nSPS) is 17.8. The fourth-order valence-electron chi connectivity index (χ4n) is 4.70. The molecule has 0 saturated carbocycles. The molecule has 0 aromatic heterocycles. The summed E-state index contributed by atoms with van der Waals surface area (Å²) in [4.78, 5) is 15.6. The maximum Gasteiger partial charge on any atom is 0.208 e. The van der Waals surface area contributed by atoms with Crippen molar-refractivity contribution in [1.82, 2.24) is 0 Å². The highest BCUT2D eigenvalue weighted by molar-refractivity contribution is 5.81. The smallest absolute Gasteiger partial charge is 0.208 e. The first kappa shape index (κ1) is 29.6. The summed E-state index contributed by atoms with van der Waals surface area (Å²) in [6.07, 6.45) is 31.7. The Hall–Kier alpha value is -1.46. The molecular formula is C28H51N3O2. The molecule has 2 N–H and O–H groups in total. The Kier molecular flexibility index (Phi) is 17.9. The predicted octanol–water partition coefficient (Wildman–Crippen LogP) is 5.99. The van der Waals surface area contributed by atoms with Gasteiger partial charge in [0.15, 0.2) is 0 Å². The number of amidine groups is 1. The van der Waals surface area contributed by atoms with Gasteiger partial charge in [0.2, 0.25) is 5.84 Å². The van der Waals surface area contributed by atoms with Crippen molar-refractivity contribution in [2.45, 2.75) is 122 Å². The van der Waals surface area contributed by atoms with Gasteiger partial charge < -0.3 is 15.6 Å². The first-order valence-corrected chi connectivity index (χ1v) is 13.8. The number of unbranched alkanes of at least 4 members (excludes halogenated alkanes) is 15. The molecule has 33 heavy (non-hydrogen) atoms. The first-order valence-electron chi connectivity index (χ1n) is 13.8. The summed E-state index contributed by atoms with van der Waals surface area (Å²) in [6.45, 7) is 3.16. The van der Waals surface area contributed by atoms with Gasteiger partial charge in [0, 0.05) is 13.0 Å². The van der Waals surface area contributed by atoms with Crippen LogP contribution in [-0.2, 0) is 4.79 Å². The van der Waals surface area contributed by atoms with Gasteiger partial charge in [-0.15, -0.1) is 0 Å². The van der Waals surface area contributed by atoms with E-state index in [9.17, 15) is 9.90 Å². The van der Waals surface area contributed by atoms with Crippen LogP contribution in [0.25, 0.3) is 0 Å². The molecule has 1 aliphatic heterocycles. The maximum atomic E-state index is 11.2.